The van der Waals surface area contributed by atoms with Gasteiger partial charge in [-0.05, 0) is 20.3 Å². The molecule has 0 fully saturated rings. The quantitative estimate of drug-likeness (QED) is 0.639. The van der Waals surface area contributed by atoms with Gasteiger partial charge in [0.15, 0.2) is 6.10 Å². The molecule has 4 nitrogen and oxygen atoms in total. The fraction of sp³-hybridized carbons (Fsp3) is 0.889. The molecule has 0 saturated heterocycles. The number of likely N-dealkylation sites (N-methyl/N-ethyl adjacent to an activating group) is 1. The average molecular weight is 189 g/mol. The Labute approximate surface area is 79.2 Å². The molecular weight excluding hydrogens is 170 g/mol. The fourth-order valence-electron chi connectivity index (χ4n) is 1.09. The van der Waals surface area contributed by atoms with Crippen molar-refractivity contribution in [1.82, 2.24) is 4.90 Å². The number of amides is 1. The van der Waals surface area contributed by atoms with Crippen LogP contribution in [0.5, 0.6) is 0 Å². The largest absolute Gasteiger partial charge is 0.390 e. The Morgan fingerprint density at radius 2 is 1.92 bits per heavy atom. The summed E-state index contributed by atoms with van der Waals surface area (Å²) in [6.07, 6.45) is -1.43. The van der Waals surface area contributed by atoms with E-state index in [0.717, 1.165) is 6.42 Å². The third kappa shape index (κ3) is 3.74. The van der Waals surface area contributed by atoms with E-state index >= 15 is 0 Å². The first kappa shape index (κ1) is 12.4. The van der Waals surface area contributed by atoms with Crippen molar-refractivity contribution >= 4 is 5.91 Å². The normalized spacial score (nSPS) is 15.2. The van der Waals surface area contributed by atoms with E-state index in [1.54, 1.807) is 0 Å². The van der Waals surface area contributed by atoms with Crippen molar-refractivity contribution in [1.29, 1.82) is 0 Å². The van der Waals surface area contributed by atoms with Crippen LogP contribution in [0.15, 0.2) is 0 Å². The second-order valence-corrected chi connectivity index (χ2v) is 3.10. The number of rotatable bonds is 5. The van der Waals surface area contributed by atoms with Gasteiger partial charge in [-0.2, -0.15) is 0 Å². The SMILES string of the molecule is CCCN(CC)C(=O)[C@H](O)[C@H](C)O. The van der Waals surface area contributed by atoms with E-state index < -0.39 is 12.2 Å². The van der Waals surface area contributed by atoms with E-state index in [9.17, 15) is 9.90 Å². The van der Waals surface area contributed by atoms with Gasteiger partial charge in [-0.15, -0.1) is 0 Å². The summed E-state index contributed by atoms with van der Waals surface area (Å²) in [5, 5.41) is 18.3. The van der Waals surface area contributed by atoms with Crippen molar-refractivity contribution in [2.75, 3.05) is 13.1 Å². The first-order valence-electron chi connectivity index (χ1n) is 4.69. The molecule has 0 aromatic carbocycles. The van der Waals surface area contributed by atoms with Crippen LogP contribution >= 0.6 is 0 Å². The van der Waals surface area contributed by atoms with Crippen molar-refractivity contribution < 1.29 is 15.0 Å². The van der Waals surface area contributed by atoms with Crippen LogP contribution in [0.1, 0.15) is 27.2 Å². The molecule has 1 amide bonds. The summed E-state index contributed by atoms with van der Waals surface area (Å²) < 4.78 is 0. The molecule has 78 valence electrons. The number of aliphatic hydroxyl groups is 2. The summed E-state index contributed by atoms with van der Waals surface area (Å²) in [5.74, 6) is -0.389. The molecule has 0 aromatic rings. The molecule has 0 heterocycles. The Balaban J connectivity index is 4.19. The minimum atomic E-state index is -1.29. The van der Waals surface area contributed by atoms with Crippen LogP contribution in [0.25, 0.3) is 0 Å². The van der Waals surface area contributed by atoms with Gasteiger partial charge in [-0.25, -0.2) is 0 Å². The van der Waals surface area contributed by atoms with E-state index in [-0.39, 0.29) is 5.91 Å². The zero-order chi connectivity index (χ0) is 10.4. The molecule has 2 N–H and O–H groups in total. The second-order valence-electron chi connectivity index (χ2n) is 3.10. The Morgan fingerprint density at radius 1 is 1.38 bits per heavy atom. The van der Waals surface area contributed by atoms with E-state index in [1.165, 1.54) is 11.8 Å². The Hall–Kier alpha value is -0.610. The first-order valence-corrected chi connectivity index (χ1v) is 4.69. The zero-order valence-electron chi connectivity index (χ0n) is 8.53. The standard InChI is InChI=1S/C9H19NO3/c1-4-6-10(5-2)9(13)8(12)7(3)11/h7-8,11-12H,4-6H2,1-3H3/t7-,8+/m0/s1. The molecule has 0 aliphatic heterocycles. The third-order valence-corrected chi connectivity index (χ3v) is 1.90. The highest BCUT2D eigenvalue weighted by molar-refractivity contribution is 5.81. The lowest BCUT2D eigenvalue weighted by Crippen LogP contribution is -2.44. The van der Waals surface area contributed by atoms with Gasteiger partial charge in [-0.1, -0.05) is 6.92 Å². The smallest absolute Gasteiger partial charge is 0.254 e. The van der Waals surface area contributed by atoms with Crippen molar-refractivity contribution in [2.24, 2.45) is 0 Å². The molecule has 0 aliphatic rings. The fourth-order valence-corrected chi connectivity index (χ4v) is 1.09. The highest BCUT2D eigenvalue weighted by Gasteiger charge is 2.24. The van der Waals surface area contributed by atoms with Crippen LogP contribution in [0, 0.1) is 0 Å². The lowest BCUT2D eigenvalue weighted by molar-refractivity contribution is -0.145. The highest BCUT2D eigenvalue weighted by atomic mass is 16.3. The lowest BCUT2D eigenvalue weighted by Gasteiger charge is -2.24. The van der Waals surface area contributed by atoms with Crippen molar-refractivity contribution in [3.05, 3.63) is 0 Å². The third-order valence-electron chi connectivity index (χ3n) is 1.90. The highest BCUT2D eigenvalue weighted by Crippen LogP contribution is 2.00. The van der Waals surface area contributed by atoms with Gasteiger partial charge in [0, 0.05) is 13.1 Å². The van der Waals surface area contributed by atoms with Crippen LogP contribution in [-0.2, 0) is 4.79 Å². The van der Waals surface area contributed by atoms with E-state index in [4.69, 9.17) is 5.11 Å². The molecule has 2 atom stereocenters. The maximum Gasteiger partial charge on any atom is 0.254 e. The van der Waals surface area contributed by atoms with Crippen LogP contribution in [0.3, 0.4) is 0 Å². The lowest BCUT2D eigenvalue weighted by atomic mass is 10.2. The molecule has 4 heteroatoms. The first-order chi connectivity index (χ1) is 6.04. The summed E-state index contributed by atoms with van der Waals surface area (Å²) in [5.41, 5.74) is 0. The number of nitrogens with zero attached hydrogens (tertiary/aromatic N) is 1. The average Bonchev–Trinajstić information content (AvgIpc) is 2.11. The Bertz CT molecular complexity index is 159. The minimum Gasteiger partial charge on any atom is -0.390 e. The zero-order valence-corrected chi connectivity index (χ0v) is 8.53. The molecule has 0 rings (SSSR count). The number of carbonyl (C=O) groups excluding carboxylic acids is 1. The Morgan fingerprint density at radius 3 is 2.23 bits per heavy atom. The number of hydrogen-bond acceptors (Lipinski definition) is 3. The summed E-state index contributed by atoms with van der Waals surface area (Å²) in [6, 6.07) is 0. The number of hydrogen-bond donors (Lipinski definition) is 2. The second kappa shape index (κ2) is 5.94. The molecule has 13 heavy (non-hydrogen) atoms. The van der Waals surface area contributed by atoms with Crippen molar-refractivity contribution in [3.63, 3.8) is 0 Å². The predicted molar refractivity (Wildman–Crippen MR) is 50.2 cm³/mol. The molecule has 0 radical (unpaired) electrons. The van der Waals surface area contributed by atoms with Crippen molar-refractivity contribution in [2.45, 2.75) is 39.4 Å². The molecule has 0 bridgehead atoms. The number of aliphatic hydroxyl groups excluding tert-OH is 2. The topological polar surface area (TPSA) is 60.8 Å². The summed E-state index contributed by atoms with van der Waals surface area (Å²) in [4.78, 5) is 13.0. The van der Waals surface area contributed by atoms with E-state index in [2.05, 4.69) is 0 Å². The minimum absolute atomic E-state index is 0.389. The van der Waals surface area contributed by atoms with Crippen molar-refractivity contribution in [3.8, 4) is 0 Å². The Kier molecular flexibility index (Phi) is 5.66. The molecule has 0 spiro atoms. The summed E-state index contributed by atoms with van der Waals surface area (Å²) in [7, 11) is 0. The molecule has 0 saturated carbocycles. The monoisotopic (exact) mass is 189 g/mol. The maximum absolute atomic E-state index is 11.4. The molecule has 0 unspecified atom stereocenters. The van der Waals surface area contributed by atoms with Crippen LogP contribution in [-0.4, -0.2) is 46.3 Å². The predicted octanol–water partition coefficient (Wildman–Crippen LogP) is -0.0134. The van der Waals surface area contributed by atoms with Gasteiger partial charge in [0.25, 0.3) is 5.91 Å². The molecule has 0 aromatic heterocycles. The molecule has 0 aliphatic carbocycles. The van der Waals surface area contributed by atoms with Gasteiger partial charge < -0.3 is 15.1 Å². The van der Waals surface area contributed by atoms with Gasteiger partial charge in [0.1, 0.15) is 0 Å². The number of carbonyl (C=O) groups is 1. The van der Waals surface area contributed by atoms with E-state index in [1.807, 2.05) is 13.8 Å². The van der Waals surface area contributed by atoms with Crippen LogP contribution in [0.2, 0.25) is 0 Å². The van der Waals surface area contributed by atoms with E-state index in [0.29, 0.717) is 13.1 Å². The summed E-state index contributed by atoms with van der Waals surface area (Å²) >= 11 is 0. The van der Waals surface area contributed by atoms with Crippen LogP contribution < -0.4 is 0 Å². The van der Waals surface area contributed by atoms with Gasteiger partial charge in [0.2, 0.25) is 0 Å². The molecular formula is C9H19NO3. The van der Waals surface area contributed by atoms with Gasteiger partial charge in [-0.3, -0.25) is 4.79 Å². The maximum atomic E-state index is 11.4. The van der Waals surface area contributed by atoms with Crippen LogP contribution in [0.4, 0.5) is 0 Å². The van der Waals surface area contributed by atoms with Gasteiger partial charge >= 0.3 is 0 Å². The van der Waals surface area contributed by atoms with Gasteiger partial charge in [0.05, 0.1) is 6.10 Å². The summed E-state index contributed by atoms with van der Waals surface area (Å²) in [6.45, 7) is 6.41.